The van der Waals surface area contributed by atoms with Crippen LogP contribution >= 0.6 is 0 Å². The first-order chi connectivity index (χ1) is 9.10. The minimum atomic E-state index is -0.780. The lowest BCUT2D eigenvalue weighted by Crippen LogP contribution is -2.05. The van der Waals surface area contributed by atoms with Gasteiger partial charge in [0.25, 0.3) is 0 Å². The number of rotatable bonds is 4. The molecule has 0 atom stereocenters. The van der Waals surface area contributed by atoms with Gasteiger partial charge in [-0.25, -0.2) is 8.78 Å². The maximum Gasteiger partial charge on any atom is 0.151 e. The van der Waals surface area contributed by atoms with Gasteiger partial charge in [0.15, 0.2) is 5.82 Å². The molecule has 0 aliphatic heterocycles. The molecule has 0 aliphatic carbocycles. The number of anilines is 2. The molecule has 2 aromatic rings. The molecule has 0 bridgehead atoms. The average Bonchev–Trinajstić information content (AvgIpc) is 2.41. The second-order valence-corrected chi connectivity index (χ2v) is 4.18. The van der Waals surface area contributed by atoms with Crippen LogP contribution in [0.4, 0.5) is 20.2 Å². The predicted molar refractivity (Wildman–Crippen MR) is 70.5 cm³/mol. The van der Waals surface area contributed by atoms with Gasteiger partial charge in [0.2, 0.25) is 0 Å². The molecule has 0 radical (unpaired) electrons. The number of nitrogen functional groups attached to an aromatic ring is 1. The van der Waals surface area contributed by atoms with E-state index >= 15 is 0 Å². The SMILES string of the molecule is Nc1c(F)cc(F)cc1NCc1ccc(CO)cc1. The molecule has 0 aliphatic rings. The van der Waals surface area contributed by atoms with Crippen LogP contribution in [0.3, 0.4) is 0 Å². The predicted octanol–water partition coefficient (Wildman–Crippen LogP) is 2.65. The third-order valence-corrected chi connectivity index (χ3v) is 2.78. The van der Waals surface area contributed by atoms with Gasteiger partial charge in [-0.05, 0) is 17.2 Å². The monoisotopic (exact) mass is 264 g/mol. The lowest BCUT2D eigenvalue weighted by molar-refractivity contribution is 0.282. The molecule has 0 fully saturated rings. The van der Waals surface area contributed by atoms with E-state index in [1.165, 1.54) is 0 Å². The van der Waals surface area contributed by atoms with Crippen molar-refractivity contribution in [2.45, 2.75) is 13.2 Å². The van der Waals surface area contributed by atoms with E-state index in [-0.39, 0.29) is 18.0 Å². The van der Waals surface area contributed by atoms with Gasteiger partial charge in [-0.1, -0.05) is 24.3 Å². The summed E-state index contributed by atoms with van der Waals surface area (Å²) in [6, 6.07) is 9.12. The Hall–Kier alpha value is -2.14. The van der Waals surface area contributed by atoms with Crippen molar-refractivity contribution >= 4 is 11.4 Å². The first-order valence-electron chi connectivity index (χ1n) is 5.77. The highest BCUT2D eigenvalue weighted by atomic mass is 19.1. The Kier molecular flexibility index (Phi) is 3.97. The highest BCUT2D eigenvalue weighted by Crippen LogP contribution is 2.23. The first-order valence-corrected chi connectivity index (χ1v) is 5.77. The van der Waals surface area contributed by atoms with Crippen molar-refractivity contribution in [3.8, 4) is 0 Å². The summed E-state index contributed by atoms with van der Waals surface area (Å²) in [6.07, 6.45) is 0. The standard InChI is InChI=1S/C14H14F2N2O/c15-11-5-12(16)14(17)13(6-11)18-7-9-1-3-10(8-19)4-2-9/h1-6,18-19H,7-8,17H2. The quantitative estimate of drug-likeness (QED) is 0.744. The number of benzene rings is 2. The number of aliphatic hydroxyl groups is 1. The van der Waals surface area contributed by atoms with Crippen molar-refractivity contribution in [2.75, 3.05) is 11.1 Å². The number of aliphatic hydroxyl groups excluding tert-OH is 1. The third-order valence-electron chi connectivity index (χ3n) is 2.78. The van der Waals surface area contributed by atoms with E-state index < -0.39 is 11.6 Å². The molecule has 19 heavy (non-hydrogen) atoms. The molecule has 0 amide bonds. The van der Waals surface area contributed by atoms with Crippen LogP contribution in [-0.2, 0) is 13.2 Å². The second-order valence-electron chi connectivity index (χ2n) is 4.18. The highest BCUT2D eigenvalue weighted by Gasteiger charge is 2.07. The molecule has 5 heteroatoms. The van der Waals surface area contributed by atoms with Crippen molar-refractivity contribution in [3.63, 3.8) is 0 Å². The molecule has 0 heterocycles. The molecule has 0 unspecified atom stereocenters. The minimum absolute atomic E-state index is 0.0181. The second kappa shape index (κ2) is 5.67. The molecule has 0 saturated heterocycles. The summed E-state index contributed by atoms with van der Waals surface area (Å²) in [5, 5.41) is 11.8. The normalized spacial score (nSPS) is 10.5. The molecule has 3 nitrogen and oxygen atoms in total. The molecule has 0 spiro atoms. The lowest BCUT2D eigenvalue weighted by atomic mass is 10.1. The topological polar surface area (TPSA) is 58.3 Å². The third kappa shape index (κ3) is 3.20. The number of nitrogens with one attached hydrogen (secondary N) is 1. The molecule has 2 rings (SSSR count). The zero-order chi connectivity index (χ0) is 13.8. The largest absolute Gasteiger partial charge is 0.395 e. The van der Waals surface area contributed by atoms with Crippen molar-refractivity contribution in [1.29, 1.82) is 0 Å². The van der Waals surface area contributed by atoms with Gasteiger partial charge in [-0.2, -0.15) is 0 Å². The Morgan fingerprint density at radius 1 is 1.05 bits per heavy atom. The minimum Gasteiger partial charge on any atom is -0.395 e. The van der Waals surface area contributed by atoms with Crippen LogP contribution in [0.15, 0.2) is 36.4 Å². The number of hydrogen-bond acceptors (Lipinski definition) is 3. The fourth-order valence-electron chi connectivity index (χ4n) is 1.69. The summed E-state index contributed by atoms with van der Waals surface area (Å²) in [4.78, 5) is 0. The van der Waals surface area contributed by atoms with E-state index in [1.54, 1.807) is 12.1 Å². The van der Waals surface area contributed by atoms with Crippen molar-refractivity contribution in [3.05, 3.63) is 59.2 Å². The van der Waals surface area contributed by atoms with Gasteiger partial charge in [0, 0.05) is 12.6 Å². The van der Waals surface area contributed by atoms with E-state index in [0.717, 1.165) is 23.3 Å². The van der Waals surface area contributed by atoms with Crippen molar-refractivity contribution in [2.24, 2.45) is 0 Å². The van der Waals surface area contributed by atoms with Gasteiger partial charge in [-0.15, -0.1) is 0 Å². The molecular weight excluding hydrogens is 250 g/mol. The van der Waals surface area contributed by atoms with Gasteiger partial charge in [0.1, 0.15) is 5.82 Å². The van der Waals surface area contributed by atoms with Gasteiger partial charge < -0.3 is 16.2 Å². The summed E-state index contributed by atoms with van der Waals surface area (Å²) in [5.74, 6) is -1.46. The Balaban J connectivity index is 2.09. The van der Waals surface area contributed by atoms with Crippen LogP contribution in [0.2, 0.25) is 0 Å². The van der Waals surface area contributed by atoms with E-state index in [0.29, 0.717) is 6.54 Å². The summed E-state index contributed by atoms with van der Waals surface area (Å²) in [7, 11) is 0. The first kappa shape index (κ1) is 13.3. The van der Waals surface area contributed by atoms with Crippen LogP contribution in [0.1, 0.15) is 11.1 Å². The van der Waals surface area contributed by atoms with E-state index in [1.807, 2.05) is 12.1 Å². The summed E-state index contributed by atoms with van der Waals surface area (Å²) in [5.41, 5.74) is 7.37. The molecular formula is C14H14F2N2O. The Morgan fingerprint density at radius 3 is 2.32 bits per heavy atom. The van der Waals surface area contributed by atoms with Crippen molar-refractivity contribution in [1.82, 2.24) is 0 Å². The Bertz CT molecular complexity index is 570. The highest BCUT2D eigenvalue weighted by molar-refractivity contribution is 5.66. The van der Waals surface area contributed by atoms with E-state index in [9.17, 15) is 8.78 Å². The zero-order valence-electron chi connectivity index (χ0n) is 10.2. The fraction of sp³-hybridized carbons (Fsp3) is 0.143. The zero-order valence-corrected chi connectivity index (χ0v) is 10.2. The van der Waals surface area contributed by atoms with Crippen LogP contribution in [0.25, 0.3) is 0 Å². The van der Waals surface area contributed by atoms with Crippen LogP contribution in [-0.4, -0.2) is 5.11 Å². The van der Waals surface area contributed by atoms with E-state index in [4.69, 9.17) is 10.8 Å². The number of nitrogens with two attached hydrogens (primary N) is 1. The fourth-order valence-corrected chi connectivity index (χ4v) is 1.69. The van der Waals surface area contributed by atoms with Gasteiger partial charge in [-0.3, -0.25) is 0 Å². The number of hydrogen-bond donors (Lipinski definition) is 3. The smallest absolute Gasteiger partial charge is 0.151 e. The van der Waals surface area contributed by atoms with E-state index in [2.05, 4.69) is 5.32 Å². The maximum atomic E-state index is 13.2. The summed E-state index contributed by atoms with van der Waals surface area (Å²) >= 11 is 0. The maximum absolute atomic E-state index is 13.2. The van der Waals surface area contributed by atoms with Crippen LogP contribution in [0.5, 0.6) is 0 Å². The molecule has 0 saturated carbocycles. The molecule has 0 aromatic heterocycles. The molecule has 2 aromatic carbocycles. The van der Waals surface area contributed by atoms with Gasteiger partial charge >= 0.3 is 0 Å². The van der Waals surface area contributed by atoms with Crippen LogP contribution in [0, 0.1) is 11.6 Å². The van der Waals surface area contributed by atoms with Crippen molar-refractivity contribution < 1.29 is 13.9 Å². The summed E-state index contributed by atoms with van der Waals surface area (Å²) in [6.45, 7) is 0.370. The molecule has 100 valence electrons. The Morgan fingerprint density at radius 2 is 1.68 bits per heavy atom. The summed E-state index contributed by atoms with van der Waals surface area (Å²) < 4.78 is 26.3. The molecule has 4 N–H and O–H groups in total. The lowest BCUT2D eigenvalue weighted by Gasteiger charge is -2.10. The van der Waals surface area contributed by atoms with Gasteiger partial charge in [0.05, 0.1) is 18.0 Å². The number of halogens is 2. The van der Waals surface area contributed by atoms with Crippen LogP contribution < -0.4 is 11.1 Å². The Labute approximate surface area is 109 Å². The average molecular weight is 264 g/mol.